The minimum absolute atomic E-state index is 0.173. The van der Waals surface area contributed by atoms with Crippen molar-refractivity contribution < 1.29 is 22.6 Å². The average Bonchev–Trinajstić information content (AvgIpc) is 3.34. The monoisotopic (exact) mass is 421 g/mol. The van der Waals surface area contributed by atoms with Crippen LogP contribution in [-0.4, -0.2) is 59.1 Å². The van der Waals surface area contributed by atoms with Crippen LogP contribution >= 0.6 is 0 Å². The van der Waals surface area contributed by atoms with Crippen molar-refractivity contribution in [1.82, 2.24) is 19.5 Å². The van der Waals surface area contributed by atoms with Crippen molar-refractivity contribution in [2.75, 3.05) is 32.6 Å². The number of ether oxygens (including phenoxy) is 2. The van der Waals surface area contributed by atoms with Crippen LogP contribution in [0.4, 0.5) is 19.1 Å². The summed E-state index contributed by atoms with van der Waals surface area (Å²) in [5, 5.41) is 11.8. The van der Waals surface area contributed by atoms with Crippen LogP contribution in [0, 0.1) is 0 Å². The number of hydrogen-bond donors (Lipinski definition) is 1. The third-order valence-corrected chi connectivity index (χ3v) is 5.30. The lowest BCUT2D eigenvalue weighted by atomic mass is 10.1. The number of methoxy groups -OCH3 is 1. The number of likely N-dealkylation sites (N-methyl/N-ethyl adjacent to an activating group) is 1. The maximum atomic E-state index is 13.0. The van der Waals surface area contributed by atoms with Crippen LogP contribution in [0.25, 0.3) is 16.8 Å². The van der Waals surface area contributed by atoms with Gasteiger partial charge in [0.05, 0.1) is 12.6 Å². The molecule has 30 heavy (non-hydrogen) atoms. The zero-order valence-electron chi connectivity index (χ0n) is 16.6. The predicted molar refractivity (Wildman–Crippen MR) is 106 cm³/mol. The Hall–Kier alpha value is -3.01. The Bertz CT molecular complexity index is 1040. The lowest BCUT2D eigenvalue weighted by Gasteiger charge is -2.20. The number of likely N-dealkylation sites (tertiary alicyclic amines) is 1. The maximum absolute atomic E-state index is 13.0. The van der Waals surface area contributed by atoms with E-state index in [1.165, 1.54) is 19.2 Å². The molecule has 0 unspecified atom stereocenters. The number of fused-ring (bicyclic) bond motifs is 1. The third kappa shape index (κ3) is 4.13. The third-order valence-electron chi connectivity index (χ3n) is 5.30. The minimum Gasteiger partial charge on any atom is -0.497 e. The molecule has 0 saturated carbocycles. The van der Waals surface area contributed by atoms with Gasteiger partial charge in [0, 0.05) is 30.4 Å². The topological polar surface area (TPSA) is 63.9 Å². The normalized spacial score (nSPS) is 17.4. The molecule has 1 N–H and O–H groups in total. The lowest BCUT2D eigenvalue weighted by molar-refractivity contribution is -0.274. The van der Waals surface area contributed by atoms with Gasteiger partial charge in [-0.25, -0.2) is 0 Å². The molecule has 2 aromatic heterocycles. The summed E-state index contributed by atoms with van der Waals surface area (Å²) in [6.07, 6.45) is -0.788. The van der Waals surface area contributed by atoms with Gasteiger partial charge in [0.1, 0.15) is 17.2 Å². The van der Waals surface area contributed by atoms with Gasteiger partial charge in [0.2, 0.25) is 5.95 Å². The highest BCUT2D eigenvalue weighted by molar-refractivity contribution is 5.81. The van der Waals surface area contributed by atoms with Gasteiger partial charge in [-0.05, 0) is 50.7 Å². The van der Waals surface area contributed by atoms with Gasteiger partial charge in [0.15, 0.2) is 0 Å². The summed E-state index contributed by atoms with van der Waals surface area (Å²) in [5.41, 5.74) is 1.07. The Morgan fingerprint density at radius 3 is 2.77 bits per heavy atom. The van der Waals surface area contributed by atoms with E-state index in [-0.39, 0.29) is 17.0 Å². The van der Waals surface area contributed by atoms with Crippen LogP contribution in [0.5, 0.6) is 11.5 Å². The van der Waals surface area contributed by atoms with Crippen molar-refractivity contribution in [2.45, 2.75) is 25.2 Å². The summed E-state index contributed by atoms with van der Waals surface area (Å²) in [5.74, 6) is 0.384. The van der Waals surface area contributed by atoms with E-state index in [0.29, 0.717) is 24.1 Å². The Morgan fingerprint density at radius 2 is 2.07 bits per heavy atom. The number of alkyl halides is 3. The van der Waals surface area contributed by atoms with E-state index < -0.39 is 12.1 Å². The molecule has 0 radical (unpaired) electrons. The first-order chi connectivity index (χ1) is 14.4. The SMILES string of the molecule is COc1ccc(-c2nnc(NC[C@@H]3CCCN3C)n3cccc23)c(OC(F)(F)F)c1. The number of benzene rings is 1. The van der Waals surface area contributed by atoms with Gasteiger partial charge in [-0.3, -0.25) is 4.40 Å². The van der Waals surface area contributed by atoms with Gasteiger partial charge < -0.3 is 19.7 Å². The molecular formula is C20H22F3N5O2. The highest BCUT2D eigenvalue weighted by Gasteiger charge is 2.33. The largest absolute Gasteiger partial charge is 0.573 e. The Kier molecular flexibility index (Phi) is 5.42. The number of anilines is 1. The van der Waals surface area contributed by atoms with E-state index in [2.05, 4.69) is 32.2 Å². The van der Waals surface area contributed by atoms with Crippen molar-refractivity contribution in [2.24, 2.45) is 0 Å². The zero-order valence-corrected chi connectivity index (χ0v) is 16.6. The van der Waals surface area contributed by atoms with E-state index in [9.17, 15) is 13.2 Å². The first kappa shape index (κ1) is 20.3. The molecule has 0 bridgehead atoms. The summed E-state index contributed by atoms with van der Waals surface area (Å²) in [4.78, 5) is 2.29. The first-order valence-corrected chi connectivity index (χ1v) is 9.58. The molecule has 7 nitrogen and oxygen atoms in total. The molecule has 3 aromatic rings. The van der Waals surface area contributed by atoms with Crippen molar-refractivity contribution in [3.8, 4) is 22.8 Å². The van der Waals surface area contributed by atoms with Gasteiger partial charge in [-0.1, -0.05) is 0 Å². The predicted octanol–water partition coefficient (Wildman–Crippen LogP) is 3.81. The number of rotatable bonds is 6. The second kappa shape index (κ2) is 8.02. The highest BCUT2D eigenvalue weighted by Crippen LogP contribution is 2.37. The van der Waals surface area contributed by atoms with E-state index in [0.717, 1.165) is 19.4 Å². The van der Waals surface area contributed by atoms with Crippen LogP contribution in [0.3, 0.4) is 0 Å². The van der Waals surface area contributed by atoms with Crippen LogP contribution in [0.15, 0.2) is 36.5 Å². The van der Waals surface area contributed by atoms with E-state index >= 15 is 0 Å². The summed E-state index contributed by atoms with van der Waals surface area (Å²) in [6.45, 7) is 1.78. The fourth-order valence-corrected chi connectivity index (χ4v) is 3.75. The molecule has 0 aliphatic carbocycles. The molecule has 1 atom stereocenters. The summed E-state index contributed by atoms with van der Waals surface area (Å²) in [7, 11) is 3.46. The fourth-order valence-electron chi connectivity index (χ4n) is 3.75. The molecule has 0 amide bonds. The highest BCUT2D eigenvalue weighted by atomic mass is 19.4. The lowest BCUT2D eigenvalue weighted by Crippen LogP contribution is -2.32. The summed E-state index contributed by atoms with van der Waals surface area (Å²) in [6, 6.07) is 8.21. The number of nitrogens with one attached hydrogen (secondary N) is 1. The molecule has 1 aromatic carbocycles. The number of halogens is 3. The van der Waals surface area contributed by atoms with Crippen LogP contribution in [0.2, 0.25) is 0 Å². The van der Waals surface area contributed by atoms with Crippen LogP contribution < -0.4 is 14.8 Å². The van der Waals surface area contributed by atoms with E-state index in [1.54, 1.807) is 28.8 Å². The summed E-state index contributed by atoms with van der Waals surface area (Å²) < 4.78 is 49.9. The molecule has 1 aliphatic heterocycles. The molecule has 1 saturated heterocycles. The van der Waals surface area contributed by atoms with Gasteiger partial charge in [0.25, 0.3) is 0 Å². The van der Waals surface area contributed by atoms with Gasteiger partial charge in [-0.15, -0.1) is 23.4 Å². The number of aromatic nitrogens is 3. The smallest absolute Gasteiger partial charge is 0.497 e. The molecular weight excluding hydrogens is 399 g/mol. The second-order valence-corrected chi connectivity index (χ2v) is 7.20. The van der Waals surface area contributed by atoms with Crippen LogP contribution in [-0.2, 0) is 0 Å². The minimum atomic E-state index is -4.85. The van der Waals surface area contributed by atoms with Crippen molar-refractivity contribution in [3.05, 3.63) is 36.5 Å². The number of nitrogens with zero attached hydrogens (tertiary/aromatic N) is 4. The van der Waals surface area contributed by atoms with E-state index in [1.807, 2.05) is 0 Å². The molecule has 10 heteroatoms. The summed E-state index contributed by atoms with van der Waals surface area (Å²) >= 11 is 0. The fraction of sp³-hybridized carbons (Fsp3) is 0.400. The van der Waals surface area contributed by atoms with Crippen LogP contribution in [0.1, 0.15) is 12.8 Å². The molecule has 0 spiro atoms. The van der Waals surface area contributed by atoms with E-state index in [4.69, 9.17) is 4.74 Å². The molecule has 1 aliphatic rings. The molecule has 1 fully saturated rings. The second-order valence-electron chi connectivity index (χ2n) is 7.20. The Balaban J connectivity index is 1.70. The first-order valence-electron chi connectivity index (χ1n) is 9.58. The Morgan fingerprint density at radius 1 is 1.23 bits per heavy atom. The maximum Gasteiger partial charge on any atom is 0.573 e. The quantitative estimate of drug-likeness (QED) is 0.653. The Labute approximate surface area is 171 Å². The van der Waals surface area contributed by atoms with Crippen molar-refractivity contribution in [3.63, 3.8) is 0 Å². The van der Waals surface area contributed by atoms with Gasteiger partial charge >= 0.3 is 6.36 Å². The standard InChI is InChI=1S/C20H22F3N5O2/c1-27-9-3-5-13(27)12-24-19-26-25-18(16-6-4-10-28(16)19)15-8-7-14(29-2)11-17(15)30-20(21,22)23/h4,6-8,10-11,13H,3,5,9,12H2,1-2H3,(H,24,26)/t13-/m0/s1. The molecule has 4 rings (SSSR count). The average molecular weight is 421 g/mol. The number of hydrogen-bond acceptors (Lipinski definition) is 6. The molecule has 3 heterocycles. The molecule has 160 valence electrons. The zero-order chi connectivity index (χ0) is 21.3. The van der Waals surface area contributed by atoms with Gasteiger partial charge in [-0.2, -0.15) is 0 Å². The van der Waals surface area contributed by atoms with Crippen molar-refractivity contribution >= 4 is 11.5 Å². The van der Waals surface area contributed by atoms with Crippen molar-refractivity contribution in [1.29, 1.82) is 0 Å².